The molecule has 2 aliphatic rings. The first-order valence-electron chi connectivity index (χ1n) is 8.16. The molecule has 2 N–H and O–H groups in total. The minimum Gasteiger partial charge on any atom is -0.399 e. The Hall–Kier alpha value is -1.51. The van der Waals surface area contributed by atoms with Crippen LogP contribution in [0.1, 0.15) is 51.0 Å². The average Bonchev–Trinajstić information content (AvgIpc) is 3.29. The van der Waals surface area contributed by atoms with E-state index < -0.39 is 0 Å². The summed E-state index contributed by atoms with van der Waals surface area (Å²) in [4.78, 5) is 15.0. The van der Waals surface area contributed by atoms with Gasteiger partial charge in [0, 0.05) is 18.8 Å². The number of likely N-dealkylation sites (N-methyl/N-ethyl adjacent to an activating group) is 1. The van der Waals surface area contributed by atoms with Crippen LogP contribution >= 0.6 is 0 Å². The van der Waals surface area contributed by atoms with Crippen LogP contribution in [0.4, 0.5) is 5.69 Å². The van der Waals surface area contributed by atoms with E-state index >= 15 is 0 Å². The first-order valence-corrected chi connectivity index (χ1v) is 8.16. The van der Waals surface area contributed by atoms with Crippen molar-refractivity contribution in [2.24, 2.45) is 5.92 Å². The first kappa shape index (κ1) is 14.4. The van der Waals surface area contributed by atoms with Crippen LogP contribution in [-0.4, -0.2) is 23.9 Å². The normalized spacial score (nSPS) is 27.1. The number of anilines is 1. The summed E-state index contributed by atoms with van der Waals surface area (Å²) in [5.74, 6) is 1.13. The van der Waals surface area contributed by atoms with Gasteiger partial charge in [0.05, 0.1) is 5.41 Å². The molecule has 0 radical (unpaired) electrons. The highest BCUT2D eigenvalue weighted by molar-refractivity contribution is 5.91. The van der Waals surface area contributed by atoms with E-state index in [1.807, 2.05) is 36.2 Å². The fraction of sp³-hybridized carbons (Fsp3) is 0.611. The molecule has 2 fully saturated rings. The molecule has 0 unspecified atom stereocenters. The quantitative estimate of drug-likeness (QED) is 0.866. The third kappa shape index (κ3) is 2.66. The van der Waals surface area contributed by atoms with Gasteiger partial charge in [-0.3, -0.25) is 4.79 Å². The van der Waals surface area contributed by atoms with Crippen molar-refractivity contribution in [2.45, 2.75) is 56.9 Å². The number of hydrogen-bond donors (Lipinski definition) is 1. The molecule has 3 rings (SSSR count). The zero-order valence-corrected chi connectivity index (χ0v) is 13.1. The Morgan fingerprint density at radius 1 is 1.14 bits per heavy atom. The van der Waals surface area contributed by atoms with Gasteiger partial charge in [-0.15, -0.1) is 0 Å². The summed E-state index contributed by atoms with van der Waals surface area (Å²) in [6, 6.07) is 8.30. The Kier molecular flexibility index (Phi) is 3.68. The maximum Gasteiger partial charge on any atom is 0.233 e. The van der Waals surface area contributed by atoms with Crippen molar-refractivity contribution in [1.82, 2.24) is 4.90 Å². The van der Waals surface area contributed by atoms with Gasteiger partial charge in [-0.05, 0) is 62.1 Å². The van der Waals surface area contributed by atoms with Crippen molar-refractivity contribution in [3.63, 3.8) is 0 Å². The van der Waals surface area contributed by atoms with E-state index in [2.05, 4.69) is 6.92 Å². The number of nitrogen functional groups attached to an aromatic ring is 1. The number of carbonyl (C=O) groups is 1. The minimum absolute atomic E-state index is 0.258. The molecule has 3 nitrogen and oxygen atoms in total. The molecule has 0 atom stereocenters. The lowest BCUT2D eigenvalue weighted by molar-refractivity contribution is -0.135. The van der Waals surface area contributed by atoms with E-state index in [0.717, 1.165) is 42.9 Å². The Morgan fingerprint density at radius 3 is 2.24 bits per heavy atom. The lowest BCUT2D eigenvalue weighted by atomic mass is 9.85. The van der Waals surface area contributed by atoms with E-state index in [1.165, 1.54) is 12.8 Å². The average molecular weight is 286 g/mol. The van der Waals surface area contributed by atoms with Crippen LogP contribution in [0, 0.1) is 5.92 Å². The van der Waals surface area contributed by atoms with Crippen molar-refractivity contribution < 1.29 is 4.79 Å². The number of hydrogen-bond acceptors (Lipinski definition) is 2. The highest BCUT2D eigenvalue weighted by Crippen LogP contribution is 2.50. The number of rotatable bonds is 3. The summed E-state index contributed by atoms with van der Waals surface area (Å²) in [5, 5.41) is 0. The highest BCUT2D eigenvalue weighted by Gasteiger charge is 2.53. The third-order valence-corrected chi connectivity index (χ3v) is 5.48. The summed E-state index contributed by atoms with van der Waals surface area (Å²) in [7, 11) is 2.00. The molecule has 1 aromatic rings. The van der Waals surface area contributed by atoms with Crippen molar-refractivity contribution in [3.8, 4) is 0 Å². The Bertz CT molecular complexity index is 511. The zero-order valence-electron chi connectivity index (χ0n) is 13.1. The number of nitrogens with zero attached hydrogens (tertiary/aromatic N) is 1. The molecule has 1 aromatic carbocycles. The van der Waals surface area contributed by atoms with Crippen molar-refractivity contribution in [1.29, 1.82) is 0 Å². The second kappa shape index (κ2) is 5.36. The standard InChI is InChI=1S/C18H26N2O/c1-13-3-9-16(10-4-13)20(2)17(21)18(11-12-18)14-5-7-15(19)8-6-14/h5-8,13,16H,3-4,9-12,19H2,1-2H3. The SMILES string of the molecule is CC1CCC(N(C)C(=O)C2(c3ccc(N)cc3)CC2)CC1. The zero-order chi connectivity index (χ0) is 15.0. The van der Waals surface area contributed by atoms with Gasteiger partial charge in [0.1, 0.15) is 0 Å². The van der Waals surface area contributed by atoms with Crippen molar-refractivity contribution in [2.75, 3.05) is 12.8 Å². The lowest BCUT2D eigenvalue weighted by Gasteiger charge is -2.35. The number of amides is 1. The molecule has 0 aromatic heterocycles. The largest absolute Gasteiger partial charge is 0.399 e. The third-order valence-electron chi connectivity index (χ3n) is 5.48. The van der Waals surface area contributed by atoms with Crippen LogP contribution in [-0.2, 0) is 10.2 Å². The molecule has 1 amide bonds. The van der Waals surface area contributed by atoms with Crippen LogP contribution in [0.2, 0.25) is 0 Å². The maximum atomic E-state index is 13.0. The second-order valence-corrected chi connectivity index (χ2v) is 7.03. The minimum atomic E-state index is -0.258. The number of benzene rings is 1. The summed E-state index contributed by atoms with van der Waals surface area (Å²) in [6.45, 7) is 2.31. The van der Waals surface area contributed by atoms with Gasteiger partial charge in [-0.1, -0.05) is 19.1 Å². The Balaban J connectivity index is 1.73. The maximum absolute atomic E-state index is 13.0. The summed E-state index contributed by atoms with van der Waals surface area (Å²) in [6.07, 6.45) is 6.75. The molecule has 0 bridgehead atoms. The van der Waals surface area contributed by atoms with Crippen molar-refractivity contribution >= 4 is 11.6 Å². The van der Waals surface area contributed by atoms with Crippen molar-refractivity contribution in [3.05, 3.63) is 29.8 Å². The Morgan fingerprint density at radius 2 is 1.71 bits per heavy atom. The van der Waals surface area contributed by atoms with Crippen LogP contribution in [0.25, 0.3) is 0 Å². The van der Waals surface area contributed by atoms with Gasteiger partial charge < -0.3 is 10.6 Å². The molecule has 0 saturated heterocycles. The molecule has 3 heteroatoms. The van der Waals surface area contributed by atoms with Gasteiger partial charge in [0.25, 0.3) is 0 Å². The van der Waals surface area contributed by atoms with E-state index in [4.69, 9.17) is 5.73 Å². The molecule has 114 valence electrons. The van der Waals surface area contributed by atoms with E-state index in [-0.39, 0.29) is 5.41 Å². The number of carbonyl (C=O) groups excluding carboxylic acids is 1. The van der Waals surface area contributed by atoms with E-state index in [1.54, 1.807) is 0 Å². The second-order valence-electron chi connectivity index (χ2n) is 7.03. The van der Waals surface area contributed by atoms with Crippen LogP contribution in [0.15, 0.2) is 24.3 Å². The van der Waals surface area contributed by atoms with E-state index in [9.17, 15) is 4.79 Å². The summed E-state index contributed by atoms with van der Waals surface area (Å²) >= 11 is 0. The molecule has 2 aliphatic carbocycles. The predicted molar refractivity (Wildman–Crippen MR) is 86.0 cm³/mol. The fourth-order valence-electron chi connectivity index (χ4n) is 3.69. The molecular formula is C18H26N2O. The fourth-order valence-corrected chi connectivity index (χ4v) is 3.69. The van der Waals surface area contributed by atoms with Crippen LogP contribution in [0.3, 0.4) is 0 Å². The van der Waals surface area contributed by atoms with Crippen LogP contribution < -0.4 is 5.73 Å². The molecule has 0 spiro atoms. The van der Waals surface area contributed by atoms with Gasteiger partial charge in [0.15, 0.2) is 0 Å². The molecule has 2 saturated carbocycles. The highest BCUT2D eigenvalue weighted by atomic mass is 16.2. The lowest BCUT2D eigenvalue weighted by Crippen LogP contribution is -2.44. The van der Waals surface area contributed by atoms with Gasteiger partial charge in [-0.2, -0.15) is 0 Å². The smallest absolute Gasteiger partial charge is 0.233 e. The molecule has 21 heavy (non-hydrogen) atoms. The summed E-state index contributed by atoms with van der Waals surface area (Å²) in [5.41, 5.74) is 7.40. The number of nitrogens with two attached hydrogens (primary N) is 1. The predicted octanol–water partition coefficient (Wildman–Crippen LogP) is 3.34. The van der Waals surface area contributed by atoms with Crippen LogP contribution in [0.5, 0.6) is 0 Å². The van der Waals surface area contributed by atoms with Gasteiger partial charge in [0.2, 0.25) is 5.91 Å². The monoisotopic (exact) mass is 286 g/mol. The van der Waals surface area contributed by atoms with E-state index in [0.29, 0.717) is 11.9 Å². The molecular weight excluding hydrogens is 260 g/mol. The first-order chi connectivity index (χ1) is 10.0. The molecule has 0 heterocycles. The van der Waals surface area contributed by atoms with Gasteiger partial charge in [-0.25, -0.2) is 0 Å². The molecule has 0 aliphatic heterocycles. The van der Waals surface area contributed by atoms with Gasteiger partial charge >= 0.3 is 0 Å². The summed E-state index contributed by atoms with van der Waals surface area (Å²) < 4.78 is 0. The topological polar surface area (TPSA) is 46.3 Å². The Labute approximate surface area is 127 Å².